The average Bonchev–Trinajstić information content (AvgIpc) is 3.30. The van der Waals surface area contributed by atoms with Gasteiger partial charge in [-0.25, -0.2) is 0 Å². The molecule has 0 saturated carbocycles. The maximum absolute atomic E-state index is 6.01. The summed E-state index contributed by atoms with van der Waals surface area (Å²) in [4.78, 5) is 7.32. The van der Waals surface area contributed by atoms with Crippen molar-refractivity contribution in [3.8, 4) is 5.75 Å². The summed E-state index contributed by atoms with van der Waals surface area (Å²) in [7, 11) is 0. The minimum atomic E-state index is 0.182. The fourth-order valence-corrected chi connectivity index (χ4v) is 4.46. The summed E-state index contributed by atoms with van der Waals surface area (Å²) in [5.41, 5.74) is 4.75. The first-order chi connectivity index (χ1) is 14.5. The number of para-hydroxylation sites is 2. The Morgan fingerprint density at radius 2 is 1.93 bits per heavy atom. The van der Waals surface area contributed by atoms with Crippen LogP contribution >= 0.6 is 0 Å². The largest absolute Gasteiger partial charge is 0.489 e. The van der Waals surface area contributed by atoms with E-state index in [4.69, 9.17) is 4.74 Å². The Balaban J connectivity index is 1.31. The molecule has 0 radical (unpaired) electrons. The fraction of sp³-hybridized carbons (Fsp3) is 0.542. The normalized spacial score (nSPS) is 20.4. The standard InChI is InChI=1S/C24H35N5O/c1-18(2)30-24-8-6-5-7-23(24)28-13-11-27(12-14-28)16-21-15-22(26-25-21)17-29-19(3)9-10-20(29)4/h5-8,15,18,20H,3,9-14,16-17H2,1-2,4H3,(H,25,26). The second-order valence-electron chi connectivity index (χ2n) is 8.86. The second-order valence-corrected chi connectivity index (χ2v) is 8.86. The highest BCUT2D eigenvalue weighted by Crippen LogP contribution is 2.30. The van der Waals surface area contributed by atoms with E-state index in [1.54, 1.807) is 0 Å². The molecular weight excluding hydrogens is 374 g/mol. The van der Waals surface area contributed by atoms with Crippen molar-refractivity contribution in [2.75, 3.05) is 31.1 Å². The maximum atomic E-state index is 6.01. The van der Waals surface area contributed by atoms with Crippen LogP contribution in [0.2, 0.25) is 0 Å². The van der Waals surface area contributed by atoms with Crippen LogP contribution in [-0.2, 0) is 13.1 Å². The summed E-state index contributed by atoms with van der Waals surface area (Å²) in [5, 5.41) is 7.81. The van der Waals surface area contributed by atoms with Crippen molar-refractivity contribution in [1.29, 1.82) is 0 Å². The fourth-order valence-electron chi connectivity index (χ4n) is 4.46. The number of nitrogens with zero attached hydrogens (tertiary/aromatic N) is 4. The molecule has 0 amide bonds. The third kappa shape index (κ3) is 4.81. The smallest absolute Gasteiger partial charge is 0.142 e. The summed E-state index contributed by atoms with van der Waals surface area (Å²) >= 11 is 0. The minimum absolute atomic E-state index is 0.182. The molecule has 1 aromatic carbocycles. The number of piperazine rings is 1. The Bertz CT molecular complexity index is 853. The van der Waals surface area contributed by atoms with Gasteiger partial charge in [0.05, 0.1) is 29.7 Å². The van der Waals surface area contributed by atoms with Crippen LogP contribution in [0.3, 0.4) is 0 Å². The number of likely N-dealkylation sites (tertiary alicyclic amines) is 1. The Hall–Kier alpha value is -2.47. The highest BCUT2D eigenvalue weighted by molar-refractivity contribution is 5.58. The van der Waals surface area contributed by atoms with Crippen molar-refractivity contribution in [2.45, 2.75) is 58.8 Å². The molecule has 1 aromatic heterocycles. The van der Waals surface area contributed by atoms with Crippen molar-refractivity contribution in [2.24, 2.45) is 0 Å². The lowest BCUT2D eigenvalue weighted by atomic mass is 10.2. The van der Waals surface area contributed by atoms with Gasteiger partial charge in [-0.1, -0.05) is 18.7 Å². The number of aromatic amines is 1. The van der Waals surface area contributed by atoms with Gasteiger partial charge in [0.25, 0.3) is 0 Å². The van der Waals surface area contributed by atoms with Gasteiger partial charge in [0.15, 0.2) is 0 Å². The van der Waals surface area contributed by atoms with Gasteiger partial charge in [0, 0.05) is 44.5 Å². The molecule has 3 heterocycles. The van der Waals surface area contributed by atoms with Gasteiger partial charge in [-0.3, -0.25) is 10.00 Å². The van der Waals surface area contributed by atoms with Crippen LogP contribution in [0.15, 0.2) is 42.6 Å². The second kappa shape index (κ2) is 9.13. The summed E-state index contributed by atoms with van der Waals surface area (Å²) < 4.78 is 6.01. The molecule has 30 heavy (non-hydrogen) atoms. The molecule has 2 aliphatic rings. The predicted octanol–water partition coefficient (Wildman–Crippen LogP) is 4.02. The quantitative estimate of drug-likeness (QED) is 0.749. The molecule has 1 N–H and O–H groups in total. The number of aromatic nitrogens is 2. The van der Waals surface area contributed by atoms with Crippen molar-refractivity contribution < 1.29 is 4.74 Å². The zero-order valence-corrected chi connectivity index (χ0v) is 18.6. The van der Waals surface area contributed by atoms with E-state index in [0.717, 1.165) is 57.1 Å². The highest BCUT2D eigenvalue weighted by Gasteiger charge is 2.24. The Kier molecular flexibility index (Phi) is 6.32. The van der Waals surface area contributed by atoms with Gasteiger partial charge in [-0.2, -0.15) is 5.10 Å². The van der Waals surface area contributed by atoms with E-state index >= 15 is 0 Å². The van der Waals surface area contributed by atoms with Crippen molar-refractivity contribution in [3.63, 3.8) is 0 Å². The molecule has 1 unspecified atom stereocenters. The van der Waals surface area contributed by atoms with Crippen LogP contribution in [0.5, 0.6) is 5.75 Å². The molecule has 2 aliphatic heterocycles. The predicted molar refractivity (Wildman–Crippen MR) is 122 cm³/mol. The SMILES string of the molecule is C=C1CCC(C)N1Cc1cc(CN2CCN(c3ccccc3OC(C)C)CC2)n[nH]1. The molecule has 6 heteroatoms. The molecular formula is C24H35N5O. The van der Waals surface area contributed by atoms with Crippen LogP contribution in [-0.4, -0.2) is 58.3 Å². The Morgan fingerprint density at radius 3 is 2.63 bits per heavy atom. The average molecular weight is 410 g/mol. The molecule has 0 bridgehead atoms. The molecule has 1 atom stereocenters. The van der Waals surface area contributed by atoms with Crippen molar-refractivity contribution >= 4 is 5.69 Å². The van der Waals surface area contributed by atoms with E-state index in [2.05, 4.69) is 76.5 Å². The number of H-pyrrole nitrogens is 1. The van der Waals surface area contributed by atoms with Crippen LogP contribution in [0, 0.1) is 0 Å². The summed E-state index contributed by atoms with van der Waals surface area (Å²) in [5.74, 6) is 0.982. The lowest BCUT2D eigenvalue weighted by Crippen LogP contribution is -2.46. The monoisotopic (exact) mass is 409 g/mol. The van der Waals surface area contributed by atoms with E-state index in [1.807, 2.05) is 6.07 Å². The minimum Gasteiger partial charge on any atom is -0.489 e. The first-order valence-corrected chi connectivity index (χ1v) is 11.2. The maximum Gasteiger partial charge on any atom is 0.142 e. The topological polar surface area (TPSA) is 47.6 Å². The Labute approximate surface area is 180 Å². The lowest BCUT2D eigenvalue weighted by Gasteiger charge is -2.36. The van der Waals surface area contributed by atoms with Crippen LogP contribution in [0.25, 0.3) is 0 Å². The summed E-state index contributed by atoms with van der Waals surface area (Å²) in [6.07, 6.45) is 2.50. The number of hydrogen-bond donors (Lipinski definition) is 1. The lowest BCUT2D eigenvalue weighted by molar-refractivity contribution is 0.234. The molecule has 0 spiro atoms. The molecule has 0 aliphatic carbocycles. The molecule has 2 aromatic rings. The number of allylic oxidation sites excluding steroid dienone is 1. The van der Waals surface area contributed by atoms with Gasteiger partial charge in [0.2, 0.25) is 0 Å². The van der Waals surface area contributed by atoms with E-state index in [0.29, 0.717) is 6.04 Å². The van der Waals surface area contributed by atoms with E-state index in [9.17, 15) is 0 Å². The third-order valence-corrected chi connectivity index (χ3v) is 6.14. The molecule has 162 valence electrons. The van der Waals surface area contributed by atoms with Crippen LogP contribution in [0.1, 0.15) is 45.0 Å². The summed E-state index contributed by atoms with van der Waals surface area (Å²) in [6.45, 7) is 16.5. The van der Waals surface area contributed by atoms with Crippen LogP contribution < -0.4 is 9.64 Å². The molecule has 4 rings (SSSR count). The van der Waals surface area contributed by atoms with Gasteiger partial charge in [0.1, 0.15) is 5.75 Å². The Morgan fingerprint density at radius 1 is 1.17 bits per heavy atom. The molecule has 2 fully saturated rings. The summed E-state index contributed by atoms with van der Waals surface area (Å²) in [6, 6.07) is 11.2. The number of rotatable bonds is 7. The number of hydrogen-bond acceptors (Lipinski definition) is 5. The third-order valence-electron chi connectivity index (χ3n) is 6.14. The zero-order chi connectivity index (χ0) is 21.1. The molecule has 2 saturated heterocycles. The van der Waals surface area contributed by atoms with Crippen molar-refractivity contribution in [3.05, 3.63) is 54.0 Å². The van der Waals surface area contributed by atoms with Crippen LogP contribution in [0.4, 0.5) is 5.69 Å². The number of benzene rings is 1. The first kappa shape index (κ1) is 20.8. The van der Waals surface area contributed by atoms with E-state index in [1.165, 1.54) is 23.5 Å². The first-order valence-electron chi connectivity index (χ1n) is 11.2. The van der Waals surface area contributed by atoms with Gasteiger partial charge >= 0.3 is 0 Å². The van der Waals surface area contributed by atoms with E-state index < -0.39 is 0 Å². The van der Waals surface area contributed by atoms with Gasteiger partial charge in [-0.15, -0.1) is 0 Å². The van der Waals surface area contributed by atoms with Crippen molar-refractivity contribution in [1.82, 2.24) is 20.0 Å². The van der Waals surface area contributed by atoms with Gasteiger partial charge < -0.3 is 14.5 Å². The van der Waals surface area contributed by atoms with Gasteiger partial charge in [-0.05, 0) is 51.8 Å². The number of ether oxygens (including phenoxy) is 1. The zero-order valence-electron chi connectivity index (χ0n) is 18.6. The van der Waals surface area contributed by atoms with E-state index in [-0.39, 0.29) is 6.10 Å². The number of nitrogens with one attached hydrogen (secondary N) is 1. The molecule has 6 nitrogen and oxygen atoms in total. The highest BCUT2D eigenvalue weighted by atomic mass is 16.5. The number of anilines is 1.